The molecule has 188 valence electrons. The molecule has 2 nitrogen and oxygen atoms in total. The largest absolute Gasteiger partial charge is 0.423 e. The van der Waals surface area contributed by atoms with Gasteiger partial charge in [0.25, 0.3) is 0 Å². The number of ether oxygens (including phenoxy) is 1. The van der Waals surface area contributed by atoms with Crippen molar-refractivity contribution in [3.8, 4) is 16.9 Å². The van der Waals surface area contributed by atoms with E-state index in [1.165, 1.54) is 82.6 Å². The van der Waals surface area contributed by atoms with E-state index < -0.39 is 0 Å². The number of hydrogen-bond acceptors (Lipinski definition) is 2. The molecular weight excluding hydrogens is 428 g/mol. The maximum absolute atomic E-state index is 12.0. The van der Waals surface area contributed by atoms with E-state index in [4.69, 9.17) is 4.74 Å². The van der Waals surface area contributed by atoms with E-state index >= 15 is 0 Å². The summed E-state index contributed by atoms with van der Waals surface area (Å²) in [6, 6.07) is 17.2. The van der Waals surface area contributed by atoms with Crippen LogP contribution in [0.25, 0.3) is 11.1 Å². The third kappa shape index (κ3) is 6.46. The molecule has 0 saturated heterocycles. The van der Waals surface area contributed by atoms with Crippen LogP contribution in [0.1, 0.15) is 109 Å². The zero-order chi connectivity index (χ0) is 24.6. The van der Waals surface area contributed by atoms with Crippen molar-refractivity contribution >= 4 is 5.97 Å². The van der Waals surface area contributed by atoms with Gasteiger partial charge in [0.15, 0.2) is 0 Å². The predicted molar refractivity (Wildman–Crippen MR) is 147 cm³/mol. The Labute approximate surface area is 213 Å². The van der Waals surface area contributed by atoms with Crippen LogP contribution < -0.4 is 4.74 Å². The summed E-state index contributed by atoms with van der Waals surface area (Å²) < 4.78 is 5.46. The van der Waals surface area contributed by atoms with Gasteiger partial charge in [0.05, 0.1) is 0 Å². The van der Waals surface area contributed by atoms with E-state index in [9.17, 15) is 4.79 Å². The molecule has 3 aliphatic carbocycles. The molecule has 3 fully saturated rings. The van der Waals surface area contributed by atoms with Gasteiger partial charge >= 0.3 is 5.97 Å². The van der Waals surface area contributed by atoms with Gasteiger partial charge in [0.2, 0.25) is 0 Å². The van der Waals surface area contributed by atoms with E-state index in [0.29, 0.717) is 16.6 Å². The van der Waals surface area contributed by atoms with Crippen LogP contribution in [0.4, 0.5) is 0 Å². The van der Waals surface area contributed by atoms with Crippen molar-refractivity contribution in [3.63, 3.8) is 0 Å². The highest BCUT2D eigenvalue weighted by molar-refractivity contribution is 5.84. The average molecular weight is 473 g/mol. The fourth-order valence-electron chi connectivity index (χ4n) is 6.39. The third-order valence-corrected chi connectivity index (χ3v) is 8.84. The number of carbonyl (C=O) groups excluding carboxylic acids is 1. The molecule has 0 aliphatic heterocycles. The minimum Gasteiger partial charge on any atom is -0.423 e. The molecule has 3 aliphatic rings. The fraction of sp³-hybridized carbons (Fsp3) is 0.545. The van der Waals surface area contributed by atoms with Gasteiger partial charge in [0.1, 0.15) is 5.75 Å². The van der Waals surface area contributed by atoms with Crippen molar-refractivity contribution in [2.75, 3.05) is 0 Å². The van der Waals surface area contributed by atoms with E-state index in [0.717, 1.165) is 18.4 Å². The van der Waals surface area contributed by atoms with Gasteiger partial charge in [-0.3, -0.25) is 0 Å². The van der Waals surface area contributed by atoms with Crippen molar-refractivity contribution in [1.82, 2.24) is 0 Å². The molecule has 2 heteroatoms. The van der Waals surface area contributed by atoms with Crippen molar-refractivity contribution in [2.45, 2.75) is 109 Å². The number of esters is 1. The quantitative estimate of drug-likeness (QED) is 0.133. The summed E-state index contributed by atoms with van der Waals surface area (Å²) in [4.78, 5) is 12.0. The number of unbranched alkanes of at least 4 members (excludes halogenated alkanes) is 5. The van der Waals surface area contributed by atoms with Gasteiger partial charge in [-0.1, -0.05) is 88.4 Å². The zero-order valence-corrected chi connectivity index (χ0v) is 22.0. The van der Waals surface area contributed by atoms with Gasteiger partial charge in [-0.2, -0.15) is 0 Å². The van der Waals surface area contributed by atoms with E-state index in [2.05, 4.69) is 38.1 Å². The first-order valence-electron chi connectivity index (χ1n) is 14.2. The van der Waals surface area contributed by atoms with Crippen LogP contribution in [0.2, 0.25) is 0 Å². The number of hydrogen-bond donors (Lipinski definition) is 0. The molecule has 0 N–H and O–H groups in total. The Morgan fingerprint density at radius 1 is 0.771 bits per heavy atom. The predicted octanol–water partition coefficient (Wildman–Crippen LogP) is 9.57. The number of fused-ring (bicyclic) bond motifs is 3. The molecule has 2 aromatic rings. The first kappa shape index (κ1) is 25.7. The van der Waals surface area contributed by atoms with Crippen LogP contribution in [0, 0.1) is 5.41 Å². The smallest absolute Gasteiger partial charge is 0.335 e. The Morgan fingerprint density at radius 2 is 1.34 bits per heavy atom. The maximum atomic E-state index is 12.0. The standard InChI is InChI=1S/C33H44O2/c1-3-5-7-8-9-11-31(34)35-30-18-14-28(15-19-30)27-12-16-29(17-13-27)33-24-21-32(22-25-33,23-26-33)20-10-6-4-2/h9,11-19H,3-8,10,20-26H2,1-2H3/b11-9+. The lowest BCUT2D eigenvalue weighted by Gasteiger charge is -2.54. The average Bonchev–Trinajstić information content (AvgIpc) is 2.90. The van der Waals surface area contributed by atoms with Crippen LogP contribution in [-0.4, -0.2) is 5.97 Å². The van der Waals surface area contributed by atoms with Gasteiger partial charge in [0, 0.05) is 6.08 Å². The van der Waals surface area contributed by atoms with Crippen molar-refractivity contribution < 1.29 is 9.53 Å². The third-order valence-electron chi connectivity index (χ3n) is 8.84. The van der Waals surface area contributed by atoms with Crippen molar-refractivity contribution in [2.24, 2.45) is 5.41 Å². The highest BCUT2D eigenvalue weighted by Crippen LogP contribution is 2.59. The molecule has 0 unspecified atom stereocenters. The van der Waals surface area contributed by atoms with Gasteiger partial charge < -0.3 is 4.74 Å². The van der Waals surface area contributed by atoms with Crippen LogP contribution in [0.5, 0.6) is 5.75 Å². The Hall–Kier alpha value is -2.35. The molecule has 5 rings (SSSR count). The molecule has 0 heterocycles. The normalized spacial score (nSPS) is 23.6. The minimum absolute atomic E-state index is 0.299. The van der Waals surface area contributed by atoms with Crippen LogP contribution in [-0.2, 0) is 10.2 Å². The van der Waals surface area contributed by atoms with Crippen LogP contribution in [0.3, 0.4) is 0 Å². The fourth-order valence-corrected chi connectivity index (χ4v) is 6.39. The van der Waals surface area contributed by atoms with Crippen molar-refractivity contribution in [1.29, 1.82) is 0 Å². The highest BCUT2D eigenvalue weighted by atomic mass is 16.5. The zero-order valence-electron chi connectivity index (χ0n) is 22.0. The lowest BCUT2D eigenvalue weighted by atomic mass is 9.51. The monoisotopic (exact) mass is 472 g/mol. The first-order chi connectivity index (χ1) is 17.1. The number of carbonyl (C=O) groups is 1. The minimum atomic E-state index is -0.299. The first-order valence-corrected chi connectivity index (χ1v) is 14.2. The van der Waals surface area contributed by atoms with E-state index in [1.54, 1.807) is 11.6 Å². The summed E-state index contributed by atoms with van der Waals surface area (Å²) in [5, 5.41) is 0. The van der Waals surface area contributed by atoms with Gasteiger partial charge in [-0.05, 0) is 97.4 Å². The summed E-state index contributed by atoms with van der Waals surface area (Å²) in [7, 11) is 0. The molecule has 0 spiro atoms. The molecule has 35 heavy (non-hydrogen) atoms. The lowest BCUT2D eigenvalue weighted by Crippen LogP contribution is -2.44. The van der Waals surface area contributed by atoms with Crippen LogP contribution in [0.15, 0.2) is 60.7 Å². The molecule has 0 atom stereocenters. The number of benzene rings is 2. The van der Waals surface area contributed by atoms with Crippen molar-refractivity contribution in [3.05, 3.63) is 66.2 Å². The summed E-state index contributed by atoms with van der Waals surface area (Å²) in [6.45, 7) is 4.49. The second-order valence-corrected chi connectivity index (χ2v) is 11.2. The number of rotatable bonds is 12. The Bertz CT molecular complexity index is 943. The number of allylic oxidation sites excluding steroid dienone is 1. The van der Waals surface area contributed by atoms with Gasteiger partial charge in [-0.25, -0.2) is 4.79 Å². The SMILES string of the molecule is CCCCC/C=C/C(=O)Oc1ccc(-c2ccc(C34CCC(CCCCC)(CC3)CC4)cc2)cc1. The molecule has 3 saturated carbocycles. The second-order valence-electron chi connectivity index (χ2n) is 11.2. The molecule has 0 aromatic heterocycles. The molecule has 2 bridgehead atoms. The maximum Gasteiger partial charge on any atom is 0.335 e. The molecular formula is C33H44O2. The van der Waals surface area contributed by atoms with E-state index in [-0.39, 0.29) is 5.97 Å². The molecule has 0 radical (unpaired) electrons. The Morgan fingerprint density at radius 3 is 1.94 bits per heavy atom. The highest BCUT2D eigenvalue weighted by Gasteiger charge is 2.48. The molecule has 2 aromatic carbocycles. The Balaban J connectivity index is 1.32. The van der Waals surface area contributed by atoms with Crippen LogP contribution >= 0.6 is 0 Å². The summed E-state index contributed by atoms with van der Waals surface area (Å²) in [5.41, 5.74) is 4.99. The summed E-state index contributed by atoms with van der Waals surface area (Å²) in [5.74, 6) is 0.298. The summed E-state index contributed by atoms with van der Waals surface area (Å²) >= 11 is 0. The van der Waals surface area contributed by atoms with Gasteiger partial charge in [-0.15, -0.1) is 0 Å². The van der Waals surface area contributed by atoms with E-state index in [1.807, 2.05) is 30.3 Å². The summed E-state index contributed by atoms with van der Waals surface area (Å²) in [6.07, 6.45) is 21.9. The Kier molecular flexibility index (Phi) is 8.87. The second kappa shape index (κ2) is 12.1. The topological polar surface area (TPSA) is 26.3 Å². The lowest BCUT2D eigenvalue weighted by molar-refractivity contribution is -0.129. The molecule has 0 amide bonds.